The number of hydrogen-bond acceptors (Lipinski definition) is 13. The van der Waals surface area contributed by atoms with Gasteiger partial charge in [-0.25, -0.2) is 0 Å². The topological polar surface area (TPSA) is 197 Å². The van der Waals surface area contributed by atoms with E-state index in [9.17, 15) is 35.7 Å². The summed E-state index contributed by atoms with van der Waals surface area (Å²) in [5.74, 6) is -0.148. The zero-order chi connectivity index (χ0) is 38.1. The van der Waals surface area contributed by atoms with E-state index in [0.29, 0.717) is 11.8 Å². The third-order valence-corrected chi connectivity index (χ3v) is 17.6. The Hall–Kier alpha value is -0.520. The van der Waals surface area contributed by atoms with Gasteiger partial charge < -0.3 is 64.2 Å². The van der Waals surface area contributed by atoms with Crippen molar-refractivity contribution in [1.82, 2.24) is 0 Å². The minimum atomic E-state index is -1.56. The highest BCUT2D eigenvalue weighted by Crippen LogP contribution is 2.90. The molecule has 3 spiro atoms. The largest absolute Gasteiger partial charge is 0.388 e. The van der Waals surface area contributed by atoms with Crippen LogP contribution in [0, 0.1) is 50.7 Å². The average molecular weight is 753 g/mol. The first-order chi connectivity index (χ1) is 24.7. The summed E-state index contributed by atoms with van der Waals surface area (Å²) in [5.41, 5.74) is -1.77. The van der Waals surface area contributed by atoms with Gasteiger partial charge in [0.2, 0.25) is 0 Å². The van der Waals surface area contributed by atoms with E-state index >= 15 is 0 Å². The zero-order valence-corrected chi connectivity index (χ0v) is 32.4. The Labute approximate surface area is 312 Å². The molecule has 13 nitrogen and oxygen atoms in total. The van der Waals surface area contributed by atoms with Gasteiger partial charge in [-0.05, 0) is 105 Å². The summed E-state index contributed by atoms with van der Waals surface area (Å²) >= 11 is 0. The lowest BCUT2D eigenvalue weighted by Gasteiger charge is -2.63. The number of ether oxygens (including phenoxy) is 6. The van der Waals surface area contributed by atoms with E-state index in [2.05, 4.69) is 34.6 Å². The van der Waals surface area contributed by atoms with Crippen LogP contribution in [0.5, 0.6) is 0 Å². The first kappa shape index (κ1) is 38.0. The van der Waals surface area contributed by atoms with E-state index in [1.165, 1.54) is 0 Å². The lowest BCUT2D eigenvalue weighted by molar-refractivity contribution is -0.345. The highest BCUT2D eigenvalue weighted by molar-refractivity contribution is 5.34. The summed E-state index contributed by atoms with van der Waals surface area (Å²) in [6.45, 7) is 14.7. The third kappa shape index (κ3) is 4.72. The molecule has 13 heteroatoms. The van der Waals surface area contributed by atoms with Gasteiger partial charge in [0.05, 0.1) is 31.0 Å². The van der Waals surface area contributed by atoms with Crippen molar-refractivity contribution in [2.75, 3.05) is 13.2 Å². The number of hydrogen-bond donors (Lipinski definition) is 7. The molecule has 0 aromatic rings. The first-order valence-electron chi connectivity index (χ1n) is 20.4. The maximum atomic E-state index is 12.8. The van der Waals surface area contributed by atoms with Gasteiger partial charge in [-0.3, -0.25) is 0 Å². The SMILES string of the molecule is C[C@@H]1C[C@H]2O[C@]3(O[C@@H]2C(C)(C)O)[C@@H](O)[C@@]2(C)C4CCC5C(C)(C)[C@H](O[C@@H]6OC[C@@H](O)[C@H](O[C@@H]7OC[C@@H](O)[C@H](O)[C@H]7O)[C@H]6O)CC[C@@]56CC46CC[C@]2(C)[C@@H]13. The molecule has 0 amide bonds. The minimum absolute atomic E-state index is 0.0294. The lowest BCUT2D eigenvalue weighted by atomic mass is 9.41. The molecular formula is C40H64O13. The Morgan fingerprint density at radius 1 is 0.717 bits per heavy atom. The molecule has 4 heterocycles. The molecule has 5 aliphatic carbocycles. The molecule has 302 valence electrons. The van der Waals surface area contributed by atoms with Gasteiger partial charge in [-0.1, -0.05) is 34.6 Å². The quantitative estimate of drug-likeness (QED) is 0.200. The zero-order valence-electron chi connectivity index (χ0n) is 32.4. The van der Waals surface area contributed by atoms with E-state index in [0.717, 1.165) is 51.4 Å². The molecule has 5 saturated carbocycles. The summed E-state index contributed by atoms with van der Waals surface area (Å²) in [6.07, 6.45) is -4.62. The third-order valence-electron chi connectivity index (χ3n) is 17.6. The van der Waals surface area contributed by atoms with Gasteiger partial charge >= 0.3 is 0 Å². The van der Waals surface area contributed by atoms with Crippen molar-refractivity contribution in [3.05, 3.63) is 0 Å². The van der Waals surface area contributed by atoms with E-state index in [4.69, 9.17) is 28.4 Å². The monoisotopic (exact) mass is 752 g/mol. The van der Waals surface area contributed by atoms with Gasteiger partial charge in [-0.15, -0.1) is 0 Å². The van der Waals surface area contributed by atoms with Gasteiger partial charge in [-0.2, -0.15) is 0 Å². The maximum Gasteiger partial charge on any atom is 0.199 e. The van der Waals surface area contributed by atoms with Gasteiger partial charge in [0.25, 0.3) is 0 Å². The standard InChI is InChI=1S/C40H64O13/c1-18-14-21-30(35(4,5)47)53-40(52-21)29(18)36(6)12-13-39-17-38(39)11-10-24(34(2,3)22(38)8-9-23(39)37(36,7)33(40)46)50-32-27(45)28(20(42)16-49-32)51-31-26(44)25(43)19(41)15-48-31/h18-33,41-47H,8-17H2,1-7H3/t18-,19-,20-,21-,22?,23?,24-,25+,26-,27-,28+,29-,30+,31+,32+,33+,36-,37-,38-,39?,40-/m1/s1. The van der Waals surface area contributed by atoms with Crippen molar-refractivity contribution in [3.63, 3.8) is 0 Å². The molecule has 9 rings (SSSR count). The number of aliphatic hydroxyl groups excluding tert-OH is 6. The second-order valence-corrected chi connectivity index (χ2v) is 20.6. The molecule has 7 N–H and O–H groups in total. The van der Waals surface area contributed by atoms with Gasteiger partial charge in [0.1, 0.15) is 48.8 Å². The number of fused-ring (bicyclic) bond motifs is 4. The van der Waals surface area contributed by atoms with Gasteiger partial charge in [0, 0.05) is 11.3 Å². The van der Waals surface area contributed by atoms with Crippen molar-refractivity contribution >= 4 is 0 Å². The predicted molar refractivity (Wildman–Crippen MR) is 185 cm³/mol. The smallest absolute Gasteiger partial charge is 0.199 e. The molecule has 9 fully saturated rings. The van der Waals surface area contributed by atoms with Crippen molar-refractivity contribution in [2.24, 2.45) is 50.7 Å². The van der Waals surface area contributed by atoms with Gasteiger partial charge in [0.15, 0.2) is 18.4 Å². The molecule has 0 radical (unpaired) electrons. The maximum absolute atomic E-state index is 12.8. The fourth-order valence-corrected chi connectivity index (χ4v) is 15.2. The molecule has 3 unspecified atom stereocenters. The molecule has 4 saturated heterocycles. The van der Waals surface area contributed by atoms with E-state index in [-0.39, 0.29) is 58.9 Å². The second kappa shape index (κ2) is 11.8. The highest BCUT2D eigenvalue weighted by Gasteiger charge is 2.88. The Balaban J connectivity index is 0.941. The fraction of sp³-hybridized carbons (Fsp3) is 1.00. The summed E-state index contributed by atoms with van der Waals surface area (Å²) < 4.78 is 37.4. The molecule has 0 aromatic carbocycles. The Morgan fingerprint density at radius 3 is 2.06 bits per heavy atom. The Kier molecular flexibility index (Phi) is 8.46. The molecule has 53 heavy (non-hydrogen) atoms. The van der Waals surface area contributed by atoms with Crippen LogP contribution in [0.1, 0.15) is 99.8 Å². The summed E-state index contributed by atoms with van der Waals surface area (Å²) in [7, 11) is 0. The van der Waals surface area contributed by atoms with Crippen LogP contribution in [0.3, 0.4) is 0 Å². The minimum Gasteiger partial charge on any atom is -0.388 e. The fourth-order valence-electron chi connectivity index (χ4n) is 15.2. The molecule has 2 bridgehead atoms. The molecule has 0 aromatic heterocycles. The summed E-state index contributed by atoms with van der Waals surface area (Å²) in [6, 6.07) is 0. The van der Waals surface area contributed by atoms with E-state index in [1.807, 2.05) is 0 Å². The average Bonchev–Trinajstić information content (AvgIpc) is 3.60. The second-order valence-electron chi connectivity index (χ2n) is 20.6. The number of aliphatic hydroxyl groups is 7. The van der Waals surface area contributed by atoms with Crippen LogP contribution in [0.4, 0.5) is 0 Å². The Morgan fingerprint density at radius 2 is 1.36 bits per heavy atom. The van der Waals surface area contributed by atoms with Crippen molar-refractivity contribution in [1.29, 1.82) is 0 Å². The molecule has 21 atom stereocenters. The number of rotatable bonds is 5. The van der Waals surface area contributed by atoms with Crippen LogP contribution in [-0.2, 0) is 28.4 Å². The van der Waals surface area contributed by atoms with Crippen LogP contribution in [0.25, 0.3) is 0 Å². The van der Waals surface area contributed by atoms with Crippen molar-refractivity contribution < 1.29 is 64.2 Å². The van der Waals surface area contributed by atoms with Crippen molar-refractivity contribution in [2.45, 2.75) is 185 Å². The highest BCUT2D eigenvalue weighted by atomic mass is 16.8. The normalized spacial score (nSPS) is 61.0. The predicted octanol–water partition coefficient (Wildman–Crippen LogP) is 1.58. The summed E-state index contributed by atoms with van der Waals surface area (Å²) in [4.78, 5) is 0. The van der Waals surface area contributed by atoms with E-state index < -0.39 is 78.2 Å². The van der Waals surface area contributed by atoms with Crippen LogP contribution >= 0.6 is 0 Å². The Bertz CT molecular complexity index is 1460. The first-order valence-corrected chi connectivity index (χ1v) is 20.4. The van der Waals surface area contributed by atoms with Crippen LogP contribution < -0.4 is 0 Å². The van der Waals surface area contributed by atoms with E-state index in [1.54, 1.807) is 13.8 Å². The molecule has 4 aliphatic heterocycles. The van der Waals surface area contributed by atoms with Crippen LogP contribution in [0.2, 0.25) is 0 Å². The molecular weight excluding hydrogens is 688 g/mol. The molecule has 9 aliphatic rings. The summed E-state index contributed by atoms with van der Waals surface area (Å²) in [5, 5.41) is 76.5. The van der Waals surface area contributed by atoms with Crippen molar-refractivity contribution in [3.8, 4) is 0 Å². The van der Waals surface area contributed by atoms with Crippen LogP contribution in [-0.4, -0.2) is 134 Å². The van der Waals surface area contributed by atoms with Crippen LogP contribution in [0.15, 0.2) is 0 Å². The lowest BCUT2D eigenvalue weighted by Crippen LogP contribution is -2.62.